The van der Waals surface area contributed by atoms with Crippen LogP contribution in [0.1, 0.15) is 52.0 Å². The van der Waals surface area contributed by atoms with Crippen LogP contribution < -0.4 is 0 Å². The lowest BCUT2D eigenvalue weighted by atomic mass is 10.1. The highest BCUT2D eigenvalue weighted by atomic mass is 16.5. The molecule has 2 rings (SSSR count). The van der Waals surface area contributed by atoms with Gasteiger partial charge in [0.15, 0.2) is 0 Å². The van der Waals surface area contributed by atoms with Crippen molar-refractivity contribution in [3.05, 3.63) is 36.8 Å². The number of aromatic hydroxyl groups is 1. The molecule has 7 nitrogen and oxygen atoms in total. The summed E-state index contributed by atoms with van der Waals surface area (Å²) in [6.45, 7) is 4.65. The van der Waals surface area contributed by atoms with E-state index in [1.54, 1.807) is 30.5 Å². The van der Waals surface area contributed by atoms with Gasteiger partial charge in [-0.1, -0.05) is 38.8 Å². The lowest BCUT2D eigenvalue weighted by molar-refractivity contribution is -0.154. The molecule has 0 fully saturated rings. The minimum atomic E-state index is -0.863. The van der Waals surface area contributed by atoms with Crippen molar-refractivity contribution in [1.29, 1.82) is 0 Å². The number of rotatable bonds is 11. The normalized spacial score (nSPS) is 11.8. The second-order valence-corrected chi connectivity index (χ2v) is 6.54. The number of nitrogens with zero attached hydrogens (tertiary/aromatic N) is 2. The number of aromatic nitrogens is 2. The molecule has 1 N–H and O–H groups in total. The highest BCUT2D eigenvalue weighted by molar-refractivity contribution is 5.81. The molecule has 0 aliphatic heterocycles. The summed E-state index contributed by atoms with van der Waals surface area (Å²) in [5.74, 6) is -0.861. The Hall–Kier alpha value is -2.83. The van der Waals surface area contributed by atoms with Crippen molar-refractivity contribution >= 4 is 11.9 Å². The summed E-state index contributed by atoms with van der Waals surface area (Å²) in [5, 5.41) is 10.0. The van der Waals surface area contributed by atoms with Crippen LogP contribution in [0.25, 0.3) is 11.3 Å². The molecule has 0 aliphatic carbocycles. The molecular formula is C21H28N2O5. The fraction of sp³-hybridized carbons (Fsp3) is 0.476. The van der Waals surface area contributed by atoms with Crippen LogP contribution in [0.15, 0.2) is 36.8 Å². The van der Waals surface area contributed by atoms with E-state index in [1.807, 2.05) is 13.8 Å². The number of benzene rings is 1. The number of esters is 2. The number of unbranched alkanes of at least 4 members (excludes halogenated alkanes) is 2. The molecule has 1 aromatic heterocycles. The number of ether oxygens (including phenoxy) is 2. The number of phenolic OH excluding ortho intramolecular Hbond substituents is 1. The number of para-hydroxylation sites is 1. The first-order chi connectivity index (χ1) is 13.6. The minimum Gasteiger partial charge on any atom is -0.507 e. The van der Waals surface area contributed by atoms with Crippen LogP contribution in [0.2, 0.25) is 0 Å². The number of phenols is 1. The predicted molar refractivity (Wildman–Crippen MR) is 105 cm³/mol. The van der Waals surface area contributed by atoms with Crippen LogP contribution in [-0.4, -0.2) is 39.8 Å². The maximum Gasteiger partial charge on any atom is 0.329 e. The average molecular weight is 388 g/mol. The summed E-state index contributed by atoms with van der Waals surface area (Å²) in [6, 6.07) is 5.94. The van der Waals surface area contributed by atoms with E-state index in [2.05, 4.69) is 4.98 Å². The van der Waals surface area contributed by atoms with Crippen molar-refractivity contribution in [3.63, 3.8) is 0 Å². The summed E-state index contributed by atoms with van der Waals surface area (Å²) < 4.78 is 12.1. The Kier molecular flexibility index (Phi) is 8.52. The zero-order valence-electron chi connectivity index (χ0n) is 16.5. The second kappa shape index (κ2) is 11.1. The summed E-state index contributed by atoms with van der Waals surface area (Å²) in [5.41, 5.74) is 1.05. The standard InChI is InChI=1S/C21H28N2O5/c1-3-5-11-27-20(25)13-18(21(26)28-12-6-4-2)23-14-17(22-15-23)16-9-7-8-10-19(16)24/h7-10,14-15,18,24H,3-6,11-13H2,1-2H3. The lowest BCUT2D eigenvalue weighted by Gasteiger charge is -2.16. The summed E-state index contributed by atoms with van der Waals surface area (Å²) >= 11 is 0. The third-order valence-electron chi connectivity index (χ3n) is 4.28. The number of hydrogen-bond acceptors (Lipinski definition) is 6. The first-order valence-corrected chi connectivity index (χ1v) is 9.70. The van der Waals surface area contributed by atoms with E-state index in [1.165, 1.54) is 10.9 Å². The first-order valence-electron chi connectivity index (χ1n) is 9.70. The molecule has 0 saturated heterocycles. The van der Waals surface area contributed by atoms with Gasteiger partial charge in [0.1, 0.15) is 11.8 Å². The van der Waals surface area contributed by atoms with Gasteiger partial charge in [-0.3, -0.25) is 4.79 Å². The van der Waals surface area contributed by atoms with E-state index in [-0.39, 0.29) is 12.2 Å². The molecule has 28 heavy (non-hydrogen) atoms. The predicted octanol–water partition coefficient (Wildman–Crippen LogP) is 3.87. The molecule has 0 bridgehead atoms. The van der Waals surface area contributed by atoms with Gasteiger partial charge in [0.05, 0.1) is 31.7 Å². The van der Waals surface area contributed by atoms with Gasteiger partial charge in [0.2, 0.25) is 0 Å². The monoisotopic (exact) mass is 388 g/mol. The van der Waals surface area contributed by atoms with E-state index < -0.39 is 18.0 Å². The molecule has 2 aromatic rings. The van der Waals surface area contributed by atoms with Crippen LogP contribution in [0, 0.1) is 0 Å². The van der Waals surface area contributed by atoms with Crippen molar-refractivity contribution in [1.82, 2.24) is 9.55 Å². The van der Waals surface area contributed by atoms with Crippen LogP contribution in [0.5, 0.6) is 5.75 Å². The maximum absolute atomic E-state index is 12.6. The largest absolute Gasteiger partial charge is 0.507 e. The molecule has 1 aromatic carbocycles. The van der Waals surface area contributed by atoms with Crippen LogP contribution in [-0.2, 0) is 19.1 Å². The fourth-order valence-corrected chi connectivity index (χ4v) is 2.61. The maximum atomic E-state index is 12.6. The molecule has 0 saturated carbocycles. The minimum absolute atomic E-state index is 0.0915. The van der Waals surface area contributed by atoms with E-state index >= 15 is 0 Å². The number of carbonyl (C=O) groups is 2. The molecule has 0 amide bonds. The Morgan fingerprint density at radius 3 is 2.46 bits per heavy atom. The number of hydrogen-bond donors (Lipinski definition) is 1. The Balaban J connectivity index is 2.17. The fourth-order valence-electron chi connectivity index (χ4n) is 2.61. The van der Waals surface area contributed by atoms with Gasteiger partial charge in [-0.25, -0.2) is 9.78 Å². The highest BCUT2D eigenvalue weighted by Crippen LogP contribution is 2.28. The van der Waals surface area contributed by atoms with Gasteiger partial charge in [-0.2, -0.15) is 0 Å². The first kappa shape index (κ1) is 21.5. The van der Waals surface area contributed by atoms with Crippen LogP contribution in [0.3, 0.4) is 0 Å². The third-order valence-corrected chi connectivity index (χ3v) is 4.28. The van der Waals surface area contributed by atoms with Gasteiger partial charge in [-0.15, -0.1) is 0 Å². The van der Waals surface area contributed by atoms with E-state index in [0.717, 1.165) is 25.7 Å². The van der Waals surface area contributed by atoms with Crippen molar-refractivity contribution in [2.24, 2.45) is 0 Å². The van der Waals surface area contributed by atoms with Gasteiger partial charge >= 0.3 is 11.9 Å². The molecule has 7 heteroatoms. The zero-order chi connectivity index (χ0) is 20.4. The lowest BCUT2D eigenvalue weighted by Crippen LogP contribution is -2.25. The third kappa shape index (κ3) is 6.11. The summed E-state index contributed by atoms with van der Waals surface area (Å²) in [6.07, 6.45) is 6.31. The Morgan fingerprint density at radius 1 is 1.11 bits per heavy atom. The Morgan fingerprint density at radius 2 is 1.79 bits per heavy atom. The van der Waals surface area contributed by atoms with Gasteiger partial charge in [0, 0.05) is 11.8 Å². The molecule has 152 valence electrons. The molecule has 0 spiro atoms. The molecule has 1 heterocycles. The van der Waals surface area contributed by atoms with Crippen molar-refractivity contribution in [2.45, 2.75) is 52.0 Å². The molecular weight excluding hydrogens is 360 g/mol. The Labute approximate surface area is 165 Å². The summed E-state index contributed by atoms with van der Waals surface area (Å²) in [7, 11) is 0. The smallest absolute Gasteiger partial charge is 0.329 e. The molecule has 1 atom stereocenters. The van der Waals surface area contributed by atoms with Crippen molar-refractivity contribution in [3.8, 4) is 17.0 Å². The number of carbonyl (C=O) groups excluding carboxylic acids is 2. The van der Waals surface area contributed by atoms with Gasteiger partial charge < -0.3 is 19.1 Å². The SMILES string of the molecule is CCCCOC(=O)CC(C(=O)OCCCC)n1cnc(-c2ccccc2O)c1. The van der Waals surface area contributed by atoms with Crippen molar-refractivity contribution < 1.29 is 24.2 Å². The van der Waals surface area contributed by atoms with Crippen LogP contribution >= 0.6 is 0 Å². The summed E-state index contributed by atoms with van der Waals surface area (Å²) in [4.78, 5) is 29.0. The van der Waals surface area contributed by atoms with Crippen molar-refractivity contribution in [2.75, 3.05) is 13.2 Å². The molecule has 0 aliphatic rings. The molecule has 1 unspecified atom stereocenters. The quantitative estimate of drug-likeness (QED) is 0.464. The topological polar surface area (TPSA) is 90.7 Å². The van der Waals surface area contributed by atoms with Crippen LogP contribution in [0.4, 0.5) is 0 Å². The van der Waals surface area contributed by atoms with Gasteiger partial charge in [-0.05, 0) is 25.0 Å². The van der Waals surface area contributed by atoms with E-state index in [0.29, 0.717) is 24.5 Å². The average Bonchev–Trinajstić information content (AvgIpc) is 3.16. The second-order valence-electron chi connectivity index (χ2n) is 6.54. The van der Waals surface area contributed by atoms with E-state index in [9.17, 15) is 14.7 Å². The highest BCUT2D eigenvalue weighted by Gasteiger charge is 2.26. The van der Waals surface area contributed by atoms with E-state index in [4.69, 9.17) is 9.47 Å². The molecule has 0 radical (unpaired) electrons. The Bertz CT molecular complexity index is 772. The van der Waals surface area contributed by atoms with Gasteiger partial charge in [0.25, 0.3) is 0 Å². The zero-order valence-corrected chi connectivity index (χ0v) is 16.5. The number of imidazole rings is 1.